The third-order valence-electron chi connectivity index (χ3n) is 2.55. The van der Waals surface area contributed by atoms with Crippen molar-refractivity contribution >= 4 is 5.97 Å². The van der Waals surface area contributed by atoms with Crippen LogP contribution in [0.4, 0.5) is 0 Å². The molecule has 16 heavy (non-hydrogen) atoms. The molecule has 86 valence electrons. The SMILES string of the molecule is COC(=O)c1ccc(OC)c(CC2CO2)c1. The molecule has 0 bridgehead atoms. The van der Waals surface area contributed by atoms with Crippen molar-refractivity contribution in [1.29, 1.82) is 0 Å². The first-order valence-electron chi connectivity index (χ1n) is 5.11. The van der Waals surface area contributed by atoms with Crippen LogP contribution in [0.5, 0.6) is 5.75 Å². The van der Waals surface area contributed by atoms with Crippen molar-refractivity contribution in [3.63, 3.8) is 0 Å². The van der Waals surface area contributed by atoms with Crippen molar-refractivity contribution in [1.82, 2.24) is 0 Å². The van der Waals surface area contributed by atoms with E-state index in [1.54, 1.807) is 25.3 Å². The maximum Gasteiger partial charge on any atom is 0.337 e. The van der Waals surface area contributed by atoms with Crippen molar-refractivity contribution in [2.75, 3.05) is 20.8 Å². The Bertz CT molecular complexity index is 396. The van der Waals surface area contributed by atoms with Gasteiger partial charge in [-0.3, -0.25) is 0 Å². The highest BCUT2D eigenvalue weighted by Gasteiger charge is 2.24. The number of benzene rings is 1. The summed E-state index contributed by atoms with van der Waals surface area (Å²) in [7, 11) is 2.99. The lowest BCUT2D eigenvalue weighted by atomic mass is 10.1. The lowest BCUT2D eigenvalue weighted by molar-refractivity contribution is 0.0600. The van der Waals surface area contributed by atoms with Crippen molar-refractivity contribution in [3.05, 3.63) is 29.3 Å². The second kappa shape index (κ2) is 4.53. The number of methoxy groups -OCH3 is 2. The monoisotopic (exact) mass is 222 g/mol. The average Bonchev–Trinajstić information content (AvgIpc) is 3.12. The molecule has 2 rings (SSSR count). The number of ether oxygens (including phenoxy) is 3. The van der Waals surface area contributed by atoms with E-state index in [9.17, 15) is 4.79 Å². The molecule has 0 N–H and O–H groups in total. The predicted octanol–water partition coefficient (Wildman–Crippen LogP) is 1.42. The van der Waals surface area contributed by atoms with E-state index in [0.717, 1.165) is 24.3 Å². The van der Waals surface area contributed by atoms with Crippen molar-refractivity contribution < 1.29 is 19.0 Å². The van der Waals surface area contributed by atoms with E-state index in [2.05, 4.69) is 4.74 Å². The van der Waals surface area contributed by atoms with Crippen molar-refractivity contribution in [3.8, 4) is 5.75 Å². The van der Waals surface area contributed by atoms with Crippen LogP contribution in [0, 0.1) is 0 Å². The Morgan fingerprint density at radius 2 is 2.25 bits per heavy atom. The smallest absolute Gasteiger partial charge is 0.337 e. The van der Waals surface area contributed by atoms with Crippen LogP contribution in [0.2, 0.25) is 0 Å². The van der Waals surface area contributed by atoms with E-state index >= 15 is 0 Å². The third-order valence-corrected chi connectivity index (χ3v) is 2.55. The number of carbonyl (C=O) groups is 1. The Balaban J connectivity index is 2.25. The van der Waals surface area contributed by atoms with Crippen molar-refractivity contribution in [2.45, 2.75) is 12.5 Å². The van der Waals surface area contributed by atoms with E-state index < -0.39 is 0 Å². The minimum atomic E-state index is -0.333. The van der Waals surface area contributed by atoms with Crippen LogP contribution < -0.4 is 4.74 Å². The molecular formula is C12H14O4. The number of rotatable bonds is 4. The molecule has 0 spiro atoms. The van der Waals surface area contributed by atoms with Gasteiger partial charge in [-0.25, -0.2) is 4.79 Å². The molecule has 1 saturated heterocycles. The number of carbonyl (C=O) groups excluding carboxylic acids is 1. The summed E-state index contributed by atoms with van der Waals surface area (Å²) in [5.41, 5.74) is 1.52. The second-order valence-electron chi connectivity index (χ2n) is 3.68. The second-order valence-corrected chi connectivity index (χ2v) is 3.68. The summed E-state index contributed by atoms with van der Waals surface area (Å²) in [5, 5.41) is 0. The van der Waals surface area contributed by atoms with Crippen LogP contribution in [0.1, 0.15) is 15.9 Å². The first-order chi connectivity index (χ1) is 7.74. The summed E-state index contributed by atoms with van der Waals surface area (Å²) in [6, 6.07) is 5.28. The number of epoxide rings is 1. The molecule has 1 aliphatic heterocycles. The molecule has 1 heterocycles. The molecule has 1 aromatic rings. The van der Waals surface area contributed by atoms with E-state index in [1.807, 2.05) is 0 Å². The highest BCUT2D eigenvalue weighted by atomic mass is 16.6. The van der Waals surface area contributed by atoms with Crippen LogP contribution in [-0.2, 0) is 15.9 Å². The normalized spacial score (nSPS) is 18.0. The molecule has 1 atom stereocenters. The summed E-state index contributed by atoms with van der Waals surface area (Å²) >= 11 is 0. The zero-order valence-corrected chi connectivity index (χ0v) is 9.36. The molecule has 0 amide bonds. The predicted molar refractivity (Wildman–Crippen MR) is 57.8 cm³/mol. The Hall–Kier alpha value is -1.55. The van der Waals surface area contributed by atoms with Gasteiger partial charge in [-0.1, -0.05) is 0 Å². The lowest BCUT2D eigenvalue weighted by Gasteiger charge is -2.08. The van der Waals surface area contributed by atoms with Crippen molar-refractivity contribution in [2.24, 2.45) is 0 Å². The third kappa shape index (κ3) is 2.33. The molecule has 1 aromatic carbocycles. The zero-order valence-electron chi connectivity index (χ0n) is 9.36. The summed E-state index contributed by atoms with van der Waals surface area (Å²) in [5.74, 6) is 0.448. The Morgan fingerprint density at radius 1 is 1.50 bits per heavy atom. The van der Waals surface area contributed by atoms with Gasteiger partial charge in [-0.15, -0.1) is 0 Å². The number of hydrogen-bond acceptors (Lipinski definition) is 4. The van der Waals surface area contributed by atoms with Gasteiger partial charge in [0.15, 0.2) is 0 Å². The minimum absolute atomic E-state index is 0.266. The quantitative estimate of drug-likeness (QED) is 0.571. The fourth-order valence-corrected chi connectivity index (χ4v) is 1.61. The van der Waals surface area contributed by atoms with E-state index in [0.29, 0.717) is 5.56 Å². The van der Waals surface area contributed by atoms with Gasteiger partial charge in [0.1, 0.15) is 5.75 Å². The average molecular weight is 222 g/mol. The molecule has 1 fully saturated rings. The van der Waals surface area contributed by atoms with Gasteiger partial charge in [-0.05, 0) is 23.8 Å². The summed E-state index contributed by atoms with van der Waals surface area (Å²) < 4.78 is 15.1. The van der Waals surface area contributed by atoms with E-state index in [4.69, 9.17) is 9.47 Å². The molecular weight excluding hydrogens is 208 g/mol. The summed E-state index contributed by atoms with van der Waals surface area (Å²) in [6.45, 7) is 0.783. The molecule has 1 unspecified atom stereocenters. The fourth-order valence-electron chi connectivity index (χ4n) is 1.61. The van der Waals surface area contributed by atoms with Crippen LogP contribution in [0.3, 0.4) is 0 Å². The molecule has 4 nitrogen and oxygen atoms in total. The molecule has 1 aliphatic rings. The molecule has 4 heteroatoms. The maximum atomic E-state index is 11.4. The van der Waals surface area contributed by atoms with Crippen LogP contribution in [0.15, 0.2) is 18.2 Å². The molecule has 0 saturated carbocycles. The summed E-state index contributed by atoms with van der Waals surface area (Å²) in [4.78, 5) is 11.4. The van der Waals surface area contributed by atoms with Gasteiger partial charge in [0.2, 0.25) is 0 Å². The Kier molecular flexibility index (Phi) is 3.10. The largest absolute Gasteiger partial charge is 0.496 e. The maximum absolute atomic E-state index is 11.4. The van der Waals surface area contributed by atoms with Gasteiger partial charge in [0, 0.05) is 6.42 Å². The van der Waals surface area contributed by atoms with Gasteiger partial charge in [0.05, 0.1) is 32.5 Å². The van der Waals surface area contributed by atoms with Crippen LogP contribution in [0.25, 0.3) is 0 Å². The van der Waals surface area contributed by atoms with E-state index in [1.165, 1.54) is 7.11 Å². The number of esters is 1. The zero-order chi connectivity index (χ0) is 11.5. The van der Waals surface area contributed by atoms with E-state index in [-0.39, 0.29) is 12.1 Å². The van der Waals surface area contributed by atoms with Gasteiger partial charge < -0.3 is 14.2 Å². The fraction of sp³-hybridized carbons (Fsp3) is 0.417. The molecule has 0 aromatic heterocycles. The molecule has 0 aliphatic carbocycles. The Labute approximate surface area is 94.1 Å². The first kappa shape index (κ1) is 11.0. The molecule has 0 radical (unpaired) electrons. The minimum Gasteiger partial charge on any atom is -0.496 e. The van der Waals surface area contributed by atoms with Gasteiger partial charge >= 0.3 is 5.97 Å². The Morgan fingerprint density at radius 3 is 2.81 bits per heavy atom. The van der Waals surface area contributed by atoms with Crippen LogP contribution >= 0.6 is 0 Å². The van der Waals surface area contributed by atoms with Crippen LogP contribution in [-0.4, -0.2) is 32.9 Å². The first-order valence-corrected chi connectivity index (χ1v) is 5.11. The highest BCUT2D eigenvalue weighted by molar-refractivity contribution is 5.89. The highest BCUT2D eigenvalue weighted by Crippen LogP contribution is 2.25. The topological polar surface area (TPSA) is 48.1 Å². The lowest BCUT2D eigenvalue weighted by Crippen LogP contribution is -2.04. The van der Waals surface area contributed by atoms with Gasteiger partial charge in [-0.2, -0.15) is 0 Å². The number of hydrogen-bond donors (Lipinski definition) is 0. The summed E-state index contributed by atoms with van der Waals surface area (Å²) in [6.07, 6.45) is 1.04. The standard InChI is InChI=1S/C12H14O4/c1-14-11-4-3-8(12(13)15-2)5-9(11)6-10-7-16-10/h3-5,10H,6-7H2,1-2H3. The van der Waals surface area contributed by atoms with Gasteiger partial charge in [0.25, 0.3) is 0 Å².